The van der Waals surface area contributed by atoms with Gasteiger partial charge in [0.1, 0.15) is 5.60 Å². The van der Waals surface area contributed by atoms with E-state index in [1.807, 2.05) is 20.8 Å². The Labute approximate surface area is 95.3 Å². The quantitative estimate of drug-likeness (QED) is 0.828. The van der Waals surface area contributed by atoms with Crippen molar-refractivity contribution in [3.8, 4) is 0 Å². The van der Waals surface area contributed by atoms with Gasteiger partial charge >= 0.3 is 0 Å². The fourth-order valence-corrected chi connectivity index (χ4v) is 1.81. The maximum Gasteiger partial charge on any atom is 0.246 e. The predicted octanol–water partition coefficient (Wildman–Crippen LogP) is 1.68. The van der Waals surface area contributed by atoms with Crippen LogP contribution in [-0.4, -0.2) is 16.7 Å². The number of hydrogen-bond donors (Lipinski definition) is 1. The number of rotatable bonds is 2. The molecular formula is C11H19N3O2. The van der Waals surface area contributed by atoms with Crippen molar-refractivity contribution >= 4 is 0 Å². The summed E-state index contributed by atoms with van der Waals surface area (Å²) in [6.45, 7) is 6.44. The molecule has 0 aromatic carbocycles. The highest BCUT2D eigenvalue weighted by Gasteiger charge is 2.36. The smallest absolute Gasteiger partial charge is 0.246 e. The van der Waals surface area contributed by atoms with E-state index in [4.69, 9.17) is 15.0 Å². The average Bonchev–Trinajstić information content (AvgIpc) is 2.67. The van der Waals surface area contributed by atoms with Crippen molar-refractivity contribution in [2.75, 3.05) is 6.61 Å². The topological polar surface area (TPSA) is 74.2 Å². The molecule has 2 N–H and O–H groups in total. The molecule has 1 aromatic heterocycles. The van der Waals surface area contributed by atoms with Crippen LogP contribution in [0.1, 0.15) is 51.7 Å². The molecule has 0 radical (unpaired) electrons. The van der Waals surface area contributed by atoms with Gasteiger partial charge in [-0.05, 0) is 40.0 Å². The molecule has 90 valence electrons. The number of aromatic nitrogens is 2. The highest BCUT2D eigenvalue weighted by Crippen LogP contribution is 2.33. The van der Waals surface area contributed by atoms with Crippen molar-refractivity contribution < 1.29 is 9.26 Å². The van der Waals surface area contributed by atoms with Crippen LogP contribution in [-0.2, 0) is 15.9 Å². The molecule has 2 rings (SSSR count). The number of nitrogens with two attached hydrogens (primary N) is 1. The monoisotopic (exact) mass is 225 g/mol. The van der Waals surface area contributed by atoms with E-state index in [9.17, 15) is 0 Å². The summed E-state index contributed by atoms with van der Waals surface area (Å²) in [5.74, 6) is 1.07. The average molecular weight is 225 g/mol. The van der Waals surface area contributed by atoms with Crippen LogP contribution < -0.4 is 5.73 Å². The van der Waals surface area contributed by atoms with E-state index >= 15 is 0 Å². The highest BCUT2D eigenvalue weighted by atomic mass is 16.5. The van der Waals surface area contributed by atoms with Gasteiger partial charge in [-0.25, -0.2) is 0 Å². The van der Waals surface area contributed by atoms with Crippen LogP contribution in [0, 0.1) is 0 Å². The fourth-order valence-electron chi connectivity index (χ4n) is 1.81. The van der Waals surface area contributed by atoms with Crippen molar-refractivity contribution in [1.29, 1.82) is 0 Å². The highest BCUT2D eigenvalue weighted by molar-refractivity contribution is 5.04. The minimum absolute atomic E-state index is 0.411. The van der Waals surface area contributed by atoms with Crippen molar-refractivity contribution in [3.05, 3.63) is 11.7 Å². The zero-order valence-corrected chi connectivity index (χ0v) is 10.1. The molecule has 1 aliphatic heterocycles. The Morgan fingerprint density at radius 3 is 2.62 bits per heavy atom. The number of ether oxygens (including phenoxy) is 1. The van der Waals surface area contributed by atoms with E-state index in [2.05, 4.69) is 10.1 Å². The summed E-state index contributed by atoms with van der Waals surface area (Å²) in [4.78, 5) is 4.35. The van der Waals surface area contributed by atoms with Crippen LogP contribution in [0.2, 0.25) is 0 Å². The van der Waals surface area contributed by atoms with Crippen LogP contribution >= 0.6 is 0 Å². The van der Waals surface area contributed by atoms with Crippen LogP contribution in [0.4, 0.5) is 0 Å². The van der Waals surface area contributed by atoms with Crippen LogP contribution in [0.15, 0.2) is 4.52 Å². The first-order valence-electron chi connectivity index (χ1n) is 5.69. The molecule has 1 saturated heterocycles. The van der Waals surface area contributed by atoms with E-state index in [0.29, 0.717) is 11.7 Å². The number of nitrogens with zero attached hydrogens (tertiary/aromatic N) is 2. The van der Waals surface area contributed by atoms with E-state index in [-0.39, 0.29) is 0 Å². The van der Waals surface area contributed by atoms with Crippen LogP contribution in [0.25, 0.3) is 0 Å². The van der Waals surface area contributed by atoms with Gasteiger partial charge in [0.25, 0.3) is 0 Å². The third-order valence-corrected chi connectivity index (χ3v) is 2.92. The van der Waals surface area contributed by atoms with E-state index < -0.39 is 11.1 Å². The minimum atomic E-state index is -0.601. The van der Waals surface area contributed by atoms with Gasteiger partial charge in [-0.3, -0.25) is 0 Å². The van der Waals surface area contributed by atoms with Gasteiger partial charge in [0, 0.05) is 6.61 Å². The fraction of sp³-hybridized carbons (Fsp3) is 0.818. The Bertz CT molecular complexity index is 362. The second-order valence-electron chi connectivity index (χ2n) is 5.18. The maximum atomic E-state index is 5.91. The van der Waals surface area contributed by atoms with Gasteiger partial charge < -0.3 is 15.0 Å². The molecule has 5 heteroatoms. The lowest BCUT2D eigenvalue weighted by molar-refractivity contribution is -0.0770. The zero-order valence-electron chi connectivity index (χ0n) is 10.1. The third kappa shape index (κ3) is 2.10. The van der Waals surface area contributed by atoms with Crippen molar-refractivity contribution in [3.63, 3.8) is 0 Å². The van der Waals surface area contributed by atoms with Crippen LogP contribution in [0.3, 0.4) is 0 Å². The molecule has 1 unspecified atom stereocenters. The lowest BCUT2D eigenvalue weighted by Gasteiger charge is -2.30. The molecule has 1 aromatic rings. The maximum absolute atomic E-state index is 5.91. The Morgan fingerprint density at radius 1 is 1.38 bits per heavy atom. The second kappa shape index (κ2) is 3.82. The summed E-state index contributed by atoms with van der Waals surface area (Å²) in [7, 11) is 0. The Kier molecular flexibility index (Phi) is 2.75. The van der Waals surface area contributed by atoms with Gasteiger partial charge in [-0.2, -0.15) is 4.98 Å². The molecule has 1 atom stereocenters. The van der Waals surface area contributed by atoms with Crippen molar-refractivity contribution in [1.82, 2.24) is 10.1 Å². The zero-order chi connectivity index (χ0) is 11.8. The first kappa shape index (κ1) is 11.5. The lowest BCUT2D eigenvalue weighted by atomic mass is 9.95. The normalized spacial score (nSPS) is 27.0. The molecule has 2 heterocycles. The van der Waals surface area contributed by atoms with E-state index in [1.54, 1.807) is 0 Å². The minimum Gasteiger partial charge on any atom is -0.367 e. The SMILES string of the molecule is CC(C)(N)c1nc(C2(C)CCCCO2)no1. The molecule has 16 heavy (non-hydrogen) atoms. The molecule has 1 fully saturated rings. The Morgan fingerprint density at radius 2 is 2.12 bits per heavy atom. The standard InChI is InChI=1S/C11H19N3O2/c1-10(2,12)9-13-8(14-16-9)11(3)6-4-5-7-15-11/h4-7,12H2,1-3H3. The summed E-state index contributed by atoms with van der Waals surface area (Å²) in [5.41, 5.74) is 4.89. The van der Waals surface area contributed by atoms with Gasteiger partial charge in [-0.15, -0.1) is 0 Å². The Hall–Kier alpha value is -0.940. The molecule has 0 saturated carbocycles. The molecule has 1 aliphatic rings. The summed E-state index contributed by atoms with van der Waals surface area (Å²) in [5, 5.41) is 3.99. The first-order valence-corrected chi connectivity index (χ1v) is 5.69. The predicted molar refractivity (Wildman–Crippen MR) is 58.7 cm³/mol. The largest absolute Gasteiger partial charge is 0.367 e. The van der Waals surface area contributed by atoms with Gasteiger partial charge in [0.05, 0.1) is 5.54 Å². The molecule has 0 aliphatic carbocycles. The van der Waals surface area contributed by atoms with Gasteiger partial charge in [0.2, 0.25) is 11.7 Å². The van der Waals surface area contributed by atoms with Gasteiger partial charge in [-0.1, -0.05) is 5.16 Å². The first-order chi connectivity index (χ1) is 7.42. The summed E-state index contributed by atoms with van der Waals surface area (Å²) in [6, 6.07) is 0. The van der Waals surface area contributed by atoms with E-state index in [1.165, 1.54) is 0 Å². The molecule has 0 spiro atoms. The third-order valence-electron chi connectivity index (χ3n) is 2.92. The number of hydrogen-bond acceptors (Lipinski definition) is 5. The lowest BCUT2D eigenvalue weighted by Crippen LogP contribution is -2.32. The summed E-state index contributed by atoms with van der Waals surface area (Å²) < 4.78 is 10.9. The van der Waals surface area contributed by atoms with E-state index in [0.717, 1.165) is 25.9 Å². The molecule has 0 amide bonds. The van der Waals surface area contributed by atoms with Crippen molar-refractivity contribution in [2.45, 2.75) is 51.2 Å². The molecular weight excluding hydrogens is 206 g/mol. The molecule has 5 nitrogen and oxygen atoms in total. The van der Waals surface area contributed by atoms with Crippen LogP contribution in [0.5, 0.6) is 0 Å². The van der Waals surface area contributed by atoms with Crippen molar-refractivity contribution in [2.24, 2.45) is 5.73 Å². The van der Waals surface area contributed by atoms with Gasteiger partial charge in [0.15, 0.2) is 0 Å². The summed E-state index contributed by atoms with van der Waals surface area (Å²) in [6.07, 6.45) is 3.16. The summed E-state index contributed by atoms with van der Waals surface area (Å²) >= 11 is 0. The second-order valence-corrected chi connectivity index (χ2v) is 5.18. The molecule has 0 bridgehead atoms. The Balaban J connectivity index is 2.24.